The molecule has 0 radical (unpaired) electrons. The average molecular weight is 297 g/mol. The van der Waals surface area contributed by atoms with Gasteiger partial charge < -0.3 is 14.6 Å². The number of carbonyl (C=O) groups excluding carboxylic acids is 1. The van der Waals surface area contributed by atoms with E-state index in [9.17, 15) is 27.5 Å². The van der Waals surface area contributed by atoms with Crippen molar-refractivity contribution in [3.63, 3.8) is 0 Å². The zero-order chi connectivity index (χ0) is 15.3. The Kier molecular flexibility index (Phi) is 5.12. The van der Waals surface area contributed by atoms with Crippen LogP contribution in [0.15, 0.2) is 6.20 Å². The summed E-state index contributed by atoms with van der Waals surface area (Å²) in [6, 6.07) is 0. The highest BCUT2D eigenvalue weighted by atomic mass is 19.4. The van der Waals surface area contributed by atoms with Crippen LogP contribution in [0, 0.1) is 0 Å². The molecule has 0 spiro atoms. The summed E-state index contributed by atoms with van der Waals surface area (Å²) < 4.78 is 57.6. The minimum absolute atomic E-state index is 0.00545. The molecule has 0 fully saturated rings. The molecule has 0 aliphatic carbocycles. The Morgan fingerprint density at radius 3 is 2.55 bits per heavy atom. The van der Waals surface area contributed by atoms with E-state index < -0.39 is 48.2 Å². The molecule has 1 aromatic heterocycles. The van der Waals surface area contributed by atoms with Gasteiger partial charge in [-0.3, -0.25) is 4.79 Å². The van der Waals surface area contributed by atoms with Crippen molar-refractivity contribution < 1.29 is 36.9 Å². The highest BCUT2D eigenvalue weighted by Crippen LogP contribution is 2.32. The Labute approximate surface area is 111 Å². The van der Waals surface area contributed by atoms with Crippen LogP contribution in [-0.2, 0) is 22.6 Å². The molecule has 20 heavy (non-hydrogen) atoms. The van der Waals surface area contributed by atoms with Crippen LogP contribution in [0.4, 0.5) is 17.6 Å². The predicted octanol–water partition coefficient (Wildman–Crippen LogP) is 2.26. The van der Waals surface area contributed by atoms with Gasteiger partial charge in [-0.2, -0.15) is 0 Å². The van der Waals surface area contributed by atoms with Gasteiger partial charge in [0, 0.05) is 11.1 Å². The van der Waals surface area contributed by atoms with Gasteiger partial charge >= 0.3 is 12.3 Å². The van der Waals surface area contributed by atoms with Gasteiger partial charge in [0.05, 0.1) is 19.2 Å². The quantitative estimate of drug-likeness (QED) is 0.667. The predicted molar refractivity (Wildman–Crippen MR) is 57.7 cm³/mol. The first-order valence-corrected chi connectivity index (χ1v) is 5.45. The van der Waals surface area contributed by atoms with Crippen LogP contribution in [0.2, 0.25) is 0 Å². The van der Waals surface area contributed by atoms with Gasteiger partial charge in [0.1, 0.15) is 12.4 Å². The van der Waals surface area contributed by atoms with Crippen molar-refractivity contribution >= 4 is 5.97 Å². The Hall–Kier alpha value is -2.06. The molecule has 0 aromatic carbocycles. The number of halogens is 4. The molecule has 0 amide bonds. The molecule has 0 saturated heterocycles. The molecule has 112 valence electrons. The highest BCUT2D eigenvalue weighted by Gasteiger charge is 2.34. The first-order valence-electron chi connectivity index (χ1n) is 5.45. The lowest BCUT2D eigenvalue weighted by Crippen LogP contribution is -2.20. The first kappa shape index (κ1) is 16.0. The summed E-state index contributed by atoms with van der Waals surface area (Å²) in [5.74, 6) is -2.54. The number of ether oxygens (including phenoxy) is 2. The van der Waals surface area contributed by atoms with Crippen LogP contribution >= 0.6 is 0 Å². The van der Waals surface area contributed by atoms with Crippen molar-refractivity contribution in [2.45, 2.75) is 26.4 Å². The van der Waals surface area contributed by atoms with Crippen LogP contribution in [-0.4, -0.2) is 29.0 Å². The Balaban J connectivity index is 3.19. The van der Waals surface area contributed by atoms with Crippen molar-refractivity contribution in [1.29, 1.82) is 0 Å². The van der Waals surface area contributed by atoms with Gasteiger partial charge in [-0.15, -0.1) is 13.2 Å². The molecule has 1 rings (SSSR count). The van der Waals surface area contributed by atoms with Gasteiger partial charge in [-0.1, -0.05) is 0 Å². The minimum Gasteiger partial charge on any atom is -0.506 e. The lowest BCUT2D eigenvalue weighted by atomic mass is 10.1. The van der Waals surface area contributed by atoms with E-state index in [4.69, 9.17) is 0 Å². The number of hydrogen-bond donors (Lipinski definition) is 1. The minimum atomic E-state index is -5.05. The normalized spacial score (nSPS) is 11.2. The molecule has 0 atom stereocenters. The van der Waals surface area contributed by atoms with Gasteiger partial charge in [0.15, 0.2) is 0 Å². The third-order valence-corrected chi connectivity index (χ3v) is 2.21. The maximum Gasteiger partial charge on any atom is 0.574 e. The average Bonchev–Trinajstić information content (AvgIpc) is 2.32. The van der Waals surface area contributed by atoms with E-state index in [0.29, 0.717) is 6.20 Å². The number of carbonyl (C=O) groups is 1. The van der Waals surface area contributed by atoms with Gasteiger partial charge in [0.25, 0.3) is 0 Å². The van der Waals surface area contributed by atoms with Crippen LogP contribution in [0.5, 0.6) is 11.6 Å². The number of esters is 1. The van der Waals surface area contributed by atoms with Crippen LogP contribution in [0.25, 0.3) is 0 Å². The second-order valence-corrected chi connectivity index (χ2v) is 3.57. The fraction of sp³-hybridized carbons (Fsp3) is 0.455. The Morgan fingerprint density at radius 1 is 1.40 bits per heavy atom. The van der Waals surface area contributed by atoms with Crippen molar-refractivity contribution in [2.75, 3.05) is 6.61 Å². The van der Waals surface area contributed by atoms with Crippen molar-refractivity contribution in [2.24, 2.45) is 0 Å². The molecule has 0 saturated carbocycles. The number of pyridine rings is 1. The number of hydrogen-bond acceptors (Lipinski definition) is 5. The Bertz CT molecular complexity index is 490. The zero-order valence-corrected chi connectivity index (χ0v) is 10.3. The third-order valence-electron chi connectivity index (χ3n) is 2.21. The molecule has 0 aliphatic rings. The fourth-order valence-electron chi connectivity index (χ4n) is 1.44. The third kappa shape index (κ3) is 4.25. The fourth-order valence-corrected chi connectivity index (χ4v) is 1.44. The highest BCUT2D eigenvalue weighted by molar-refractivity contribution is 5.74. The lowest BCUT2D eigenvalue weighted by molar-refractivity contribution is -0.276. The van der Waals surface area contributed by atoms with E-state index in [0.717, 1.165) is 0 Å². The molecule has 5 nitrogen and oxygen atoms in total. The molecule has 1 heterocycles. The summed E-state index contributed by atoms with van der Waals surface area (Å²) in [6.07, 6.45) is -5.13. The number of aromatic hydroxyl groups is 1. The maximum absolute atomic E-state index is 12.8. The lowest BCUT2D eigenvalue weighted by Gasteiger charge is -2.15. The van der Waals surface area contributed by atoms with E-state index in [1.54, 1.807) is 0 Å². The second-order valence-electron chi connectivity index (χ2n) is 3.57. The molecule has 1 N–H and O–H groups in total. The summed E-state index contributed by atoms with van der Waals surface area (Å²) in [5, 5.41) is 9.37. The first-order chi connectivity index (χ1) is 9.28. The molecule has 0 unspecified atom stereocenters. The topological polar surface area (TPSA) is 68.7 Å². The van der Waals surface area contributed by atoms with E-state index in [1.165, 1.54) is 6.92 Å². The molecule has 0 bridgehead atoms. The van der Waals surface area contributed by atoms with Crippen molar-refractivity contribution in [3.05, 3.63) is 17.3 Å². The molecule has 9 heteroatoms. The summed E-state index contributed by atoms with van der Waals surface area (Å²) in [7, 11) is 0. The zero-order valence-electron chi connectivity index (χ0n) is 10.3. The largest absolute Gasteiger partial charge is 0.574 e. The van der Waals surface area contributed by atoms with Gasteiger partial charge in [-0.25, -0.2) is 9.37 Å². The number of aromatic nitrogens is 1. The van der Waals surface area contributed by atoms with Gasteiger partial charge in [0.2, 0.25) is 5.88 Å². The summed E-state index contributed by atoms with van der Waals surface area (Å²) >= 11 is 0. The van der Waals surface area contributed by atoms with Crippen LogP contribution in [0.1, 0.15) is 18.1 Å². The van der Waals surface area contributed by atoms with E-state index >= 15 is 0 Å². The summed E-state index contributed by atoms with van der Waals surface area (Å²) in [4.78, 5) is 14.5. The second kappa shape index (κ2) is 6.40. The van der Waals surface area contributed by atoms with Crippen LogP contribution < -0.4 is 4.74 Å². The number of nitrogens with zero attached hydrogens (tertiary/aromatic N) is 1. The monoisotopic (exact) mass is 297 g/mol. The molecular formula is C11H11F4NO4. The van der Waals surface area contributed by atoms with Gasteiger partial charge in [-0.05, 0) is 6.92 Å². The smallest absolute Gasteiger partial charge is 0.506 e. The molecule has 1 aromatic rings. The van der Waals surface area contributed by atoms with Crippen molar-refractivity contribution in [3.8, 4) is 11.6 Å². The summed E-state index contributed by atoms with van der Waals surface area (Å²) in [6.45, 7) is 0.227. The summed E-state index contributed by atoms with van der Waals surface area (Å²) in [5.41, 5.74) is -0.990. The maximum atomic E-state index is 12.8. The number of alkyl halides is 4. The van der Waals surface area contributed by atoms with Crippen LogP contribution in [0.3, 0.4) is 0 Å². The van der Waals surface area contributed by atoms with E-state index in [-0.39, 0.29) is 6.61 Å². The SMILES string of the molecule is CCOC(=O)Cc1c(OC(F)(F)F)ncc(O)c1CF. The standard InChI is InChI=1S/C11H11F4NO4/c1-2-19-9(18)3-6-7(4-12)8(17)5-16-10(6)20-11(13,14)15/h5,17H,2-4H2,1H3. The Morgan fingerprint density at radius 2 is 2.05 bits per heavy atom. The van der Waals surface area contributed by atoms with Crippen molar-refractivity contribution in [1.82, 2.24) is 4.98 Å². The molecular weight excluding hydrogens is 286 g/mol. The van der Waals surface area contributed by atoms with E-state index in [2.05, 4.69) is 14.5 Å². The molecule has 0 aliphatic heterocycles. The number of rotatable bonds is 5. The van der Waals surface area contributed by atoms with E-state index in [1.807, 2.05) is 0 Å².